The minimum atomic E-state index is -0.215. The lowest BCUT2D eigenvalue weighted by Crippen LogP contribution is -2.49. The van der Waals surface area contributed by atoms with Crippen LogP contribution < -0.4 is 0 Å². The monoisotopic (exact) mass is 345 g/mol. The second-order valence-corrected chi connectivity index (χ2v) is 8.31. The molecule has 136 valence electrons. The maximum absolute atomic E-state index is 13.6. The first kappa shape index (κ1) is 17.0. The molecule has 3 atom stereocenters. The molecule has 2 saturated heterocycles. The quantitative estimate of drug-likeness (QED) is 0.882. The summed E-state index contributed by atoms with van der Waals surface area (Å²) >= 11 is 0. The molecule has 25 heavy (non-hydrogen) atoms. The van der Waals surface area contributed by atoms with Crippen LogP contribution in [0.2, 0.25) is 0 Å². The molecule has 2 aliphatic heterocycles. The first-order valence-corrected chi connectivity index (χ1v) is 9.79. The molecule has 2 bridgehead atoms. The van der Waals surface area contributed by atoms with Gasteiger partial charge in [0.1, 0.15) is 5.82 Å². The highest BCUT2D eigenvalue weighted by atomic mass is 19.1. The van der Waals surface area contributed by atoms with E-state index < -0.39 is 0 Å². The molecule has 1 N–H and O–H groups in total. The highest BCUT2D eigenvalue weighted by molar-refractivity contribution is 5.80. The third-order valence-corrected chi connectivity index (χ3v) is 6.69. The van der Waals surface area contributed by atoms with Crippen molar-refractivity contribution < 1.29 is 14.3 Å². The van der Waals surface area contributed by atoms with Gasteiger partial charge in [0.25, 0.3) is 0 Å². The molecular formula is C21H28FNO2. The largest absolute Gasteiger partial charge is 0.393 e. The summed E-state index contributed by atoms with van der Waals surface area (Å²) in [5.41, 5.74) is 1.94. The fraction of sp³-hybridized carbons (Fsp3) is 0.667. The van der Waals surface area contributed by atoms with Crippen molar-refractivity contribution in [1.82, 2.24) is 4.90 Å². The average Bonchev–Trinajstić information content (AvgIpc) is 2.87. The Hall–Kier alpha value is -1.42. The second-order valence-electron chi connectivity index (χ2n) is 8.31. The number of aliphatic hydroxyl groups excluding tert-OH is 1. The van der Waals surface area contributed by atoms with Crippen molar-refractivity contribution in [2.45, 2.75) is 82.4 Å². The lowest BCUT2D eigenvalue weighted by atomic mass is 9.82. The van der Waals surface area contributed by atoms with E-state index in [-0.39, 0.29) is 17.8 Å². The van der Waals surface area contributed by atoms with E-state index in [0.717, 1.165) is 51.4 Å². The third-order valence-electron chi connectivity index (χ3n) is 6.69. The average molecular weight is 345 g/mol. The van der Waals surface area contributed by atoms with E-state index in [4.69, 9.17) is 0 Å². The van der Waals surface area contributed by atoms with Gasteiger partial charge in [0.05, 0.1) is 6.10 Å². The highest BCUT2D eigenvalue weighted by Gasteiger charge is 2.45. The van der Waals surface area contributed by atoms with Crippen LogP contribution in [0.5, 0.6) is 0 Å². The van der Waals surface area contributed by atoms with Gasteiger partial charge in [0, 0.05) is 18.0 Å². The van der Waals surface area contributed by atoms with E-state index in [1.165, 1.54) is 5.56 Å². The fourth-order valence-electron chi connectivity index (χ4n) is 5.26. The van der Waals surface area contributed by atoms with Crippen molar-refractivity contribution >= 4 is 5.91 Å². The minimum Gasteiger partial charge on any atom is -0.393 e. The SMILES string of the molecule is Cc1cc(C2C[C@H]3CC[C@@H](C2)N3C(=O)C2CCC(O)CC2)ccc1F. The lowest BCUT2D eigenvalue weighted by Gasteiger charge is -2.41. The molecule has 3 aliphatic rings. The van der Waals surface area contributed by atoms with Gasteiger partial charge >= 0.3 is 0 Å². The molecule has 4 rings (SSSR count). The Morgan fingerprint density at radius 3 is 2.32 bits per heavy atom. The molecular weight excluding hydrogens is 317 g/mol. The standard InChI is InChI=1S/C21H28FNO2/c1-13-10-15(4-9-20(13)22)16-11-17-5-6-18(12-16)23(17)21(25)14-2-7-19(24)8-3-14/h4,9-10,14,16-19,24H,2-3,5-8,11-12H2,1H3/t14?,16?,17-,18+,19?. The van der Waals surface area contributed by atoms with Crippen molar-refractivity contribution in [2.75, 3.05) is 0 Å². The van der Waals surface area contributed by atoms with Crippen molar-refractivity contribution in [3.63, 3.8) is 0 Å². The number of hydrogen-bond acceptors (Lipinski definition) is 2. The first-order valence-electron chi connectivity index (χ1n) is 9.79. The van der Waals surface area contributed by atoms with Crippen molar-refractivity contribution in [2.24, 2.45) is 5.92 Å². The molecule has 1 aromatic rings. The molecule has 1 aliphatic carbocycles. The Balaban J connectivity index is 1.46. The number of amides is 1. The minimum absolute atomic E-state index is 0.108. The summed E-state index contributed by atoms with van der Waals surface area (Å²) in [5, 5.41) is 9.69. The van der Waals surface area contributed by atoms with Gasteiger partial charge in [-0.15, -0.1) is 0 Å². The molecule has 3 nitrogen and oxygen atoms in total. The summed E-state index contributed by atoms with van der Waals surface area (Å²) in [6.07, 6.45) is 7.17. The van der Waals surface area contributed by atoms with Gasteiger partial charge in [-0.3, -0.25) is 4.79 Å². The van der Waals surface area contributed by atoms with Gasteiger partial charge in [0.15, 0.2) is 0 Å². The lowest BCUT2D eigenvalue weighted by molar-refractivity contribution is -0.142. The Bertz CT molecular complexity index is 639. The number of benzene rings is 1. The van der Waals surface area contributed by atoms with Gasteiger partial charge in [-0.1, -0.05) is 12.1 Å². The van der Waals surface area contributed by atoms with Crippen LogP contribution in [-0.4, -0.2) is 34.1 Å². The smallest absolute Gasteiger partial charge is 0.226 e. The van der Waals surface area contributed by atoms with Crippen LogP contribution >= 0.6 is 0 Å². The summed E-state index contributed by atoms with van der Waals surface area (Å²) in [6, 6.07) is 6.17. The van der Waals surface area contributed by atoms with Crippen molar-refractivity contribution in [1.29, 1.82) is 0 Å². The van der Waals surface area contributed by atoms with Crippen molar-refractivity contribution in [3.05, 3.63) is 35.1 Å². The molecule has 3 fully saturated rings. The molecule has 2 heterocycles. The summed E-state index contributed by atoms with van der Waals surface area (Å²) in [4.78, 5) is 15.2. The van der Waals surface area contributed by atoms with E-state index in [9.17, 15) is 14.3 Å². The van der Waals surface area contributed by atoms with E-state index in [2.05, 4.69) is 4.90 Å². The summed E-state index contributed by atoms with van der Waals surface area (Å²) in [6.45, 7) is 1.82. The molecule has 1 unspecified atom stereocenters. The van der Waals surface area contributed by atoms with Gasteiger partial charge in [-0.25, -0.2) is 4.39 Å². The number of aryl methyl sites for hydroxylation is 1. The van der Waals surface area contributed by atoms with Gasteiger partial charge < -0.3 is 10.0 Å². The number of rotatable bonds is 2. The Morgan fingerprint density at radius 1 is 1.08 bits per heavy atom. The maximum Gasteiger partial charge on any atom is 0.226 e. The maximum atomic E-state index is 13.6. The number of carbonyl (C=O) groups is 1. The van der Waals surface area contributed by atoms with E-state index in [1.807, 2.05) is 19.1 Å². The summed E-state index contributed by atoms with van der Waals surface area (Å²) < 4.78 is 13.6. The van der Waals surface area contributed by atoms with Crippen molar-refractivity contribution in [3.8, 4) is 0 Å². The van der Waals surface area contributed by atoms with Crippen LogP contribution in [0, 0.1) is 18.7 Å². The molecule has 1 aromatic carbocycles. The predicted octanol–water partition coefficient (Wildman–Crippen LogP) is 3.92. The Morgan fingerprint density at radius 2 is 1.72 bits per heavy atom. The van der Waals surface area contributed by atoms with Crippen LogP contribution in [0.1, 0.15) is 68.4 Å². The normalized spacial score (nSPS) is 35.0. The van der Waals surface area contributed by atoms with Crippen LogP contribution in [-0.2, 0) is 4.79 Å². The van der Waals surface area contributed by atoms with E-state index in [0.29, 0.717) is 29.5 Å². The number of aliphatic hydroxyl groups is 1. The zero-order valence-electron chi connectivity index (χ0n) is 15.0. The molecule has 0 aromatic heterocycles. The Kier molecular flexibility index (Phi) is 4.57. The number of hydrogen-bond donors (Lipinski definition) is 1. The summed E-state index contributed by atoms with van der Waals surface area (Å²) in [7, 11) is 0. The number of piperidine rings is 1. The number of fused-ring (bicyclic) bond motifs is 2. The molecule has 0 spiro atoms. The molecule has 1 amide bonds. The molecule has 4 heteroatoms. The predicted molar refractivity (Wildman–Crippen MR) is 94.7 cm³/mol. The fourth-order valence-corrected chi connectivity index (χ4v) is 5.26. The number of halogens is 1. The highest BCUT2D eigenvalue weighted by Crippen LogP contribution is 2.44. The van der Waals surface area contributed by atoms with E-state index in [1.54, 1.807) is 6.07 Å². The van der Waals surface area contributed by atoms with Crippen LogP contribution in [0.15, 0.2) is 18.2 Å². The molecule has 1 saturated carbocycles. The second kappa shape index (κ2) is 6.71. The molecule has 0 radical (unpaired) electrons. The van der Waals surface area contributed by atoms with Crippen LogP contribution in [0.3, 0.4) is 0 Å². The Labute approximate surface area is 149 Å². The number of nitrogens with zero attached hydrogens (tertiary/aromatic N) is 1. The van der Waals surface area contributed by atoms with Crippen LogP contribution in [0.4, 0.5) is 4.39 Å². The van der Waals surface area contributed by atoms with Crippen LogP contribution in [0.25, 0.3) is 0 Å². The zero-order valence-corrected chi connectivity index (χ0v) is 15.0. The summed E-state index contributed by atoms with van der Waals surface area (Å²) in [5.74, 6) is 0.733. The van der Waals surface area contributed by atoms with Gasteiger partial charge in [0.2, 0.25) is 5.91 Å². The number of carbonyl (C=O) groups excluding carboxylic acids is 1. The zero-order chi connectivity index (χ0) is 17.6. The topological polar surface area (TPSA) is 40.5 Å². The van der Waals surface area contributed by atoms with Gasteiger partial charge in [-0.2, -0.15) is 0 Å². The third kappa shape index (κ3) is 3.21. The first-order chi connectivity index (χ1) is 12.0. The van der Waals surface area contributed by atoms with E-state index >= 15 is 0 Å². The van der Waals surface area contributed by atoms with Gasteiger partial charge in [-0.05, 0) is 81.4 Å².